The van der Waals surface area contributed by atoms with Gasteiger partial charge in [0.2, 0.25) is 5.91 Å². The Morgan fingerprint density at radius 2 is 2.24 bits per heavy atom. The quantitative estimate of drug-likeness (QED) is 0.850. The van der Waals surface area contributed by atoms with Crippen LogP contribution in [0.5, 0.6) is 0 Å². The van der Waals surface area contributed by atoms with Gasteiger partial charge in [-0.3, -0.25) is 4.79 Å². The molecule has 2 N–H and O–H groups in total. The fraction of sp³-hybridized carbons (Fsp3) is 0.500. The van der Waals surface area contributed by atoms with Crippen molar-refractivity contribution in [2.75, 3.05) is 18.1 Å². The number of thioether (sulfide) groups is 1. The minimum atomic E-state index is -0.0755. The minimum absolute atomic E-state index is 0. The van der Waals surface area contributed by atoms with Crippen LogP contribution in [0, 0.1) is 0 Å². The molecular weight excluding hydrogens is 351 g/mol. The molecule has 0 aromatic heterocycles. The predicted molar refractivity (Wildman–Crippen MR) is 94.0 cm³/mol. The maximum Gasteiger partial charge on any atom is 0.222 e. The van der Waals surface area contributed by atoms with E-state index in [9.17, 15) is 4.79 Å². The molecule has 1 amide bonds. The van der Waals surface area contributed by atoms with E-state index in [0.29, 0.717) is 16.5 Å². The first-order chi connectivity index (χ1) is 9.56. The second-order valence-electron chi connectivity index (χ2n) is 4.89. The van der Waals surface area contributed by atoms with Gasteiger partial charge in [0, 0.05) is 30.5 Å². The van der Waals surface area contributed by atoms with E-state index in [2.05, 4.69) is 10.6 Å². The molecule has 2 atom stereocenters. The maximum absolute atomic E-state index is 12.0. The summed E-state index contributed by atoms with van der Waals surface area (Å²) in [5.41, 5.74) is 0.957. The van der Waals surface area contributed by atoms with Crippen molar-refractivity contribution >= 4 is 53.3 Å². The third-order valence-electron chi connectivity index (χ3n) is 3.25. The second kappa shape index (κ2) is 9.11. The van der Waals surface area contributed by atoms with Gasteiger partial charge in [0.15, 0.2) is 0 Å². The summed E-state index contributed by atoms with van der Waals surface area (Å²) in [4.78, 5) is 12.0. The van der Waals surface area contributed by atoms with Gasteiger partial charge in [-0.25, -0.2) is 0 Å². The van der Waals surface area contributed by atoms with E-state index in [-0.39, 0.29) is 30.4 Å². The Hall–Kier alpha value is -0.130. The summed E-state index contributed by atoms with van der Waals surface area (Å²) in [6.45, 7) is 2.92. The molecular formula is C14H19Cl3N2OS. The van der Waals surface area contributed by atoms with Crippen LogP contribution < -0.4 is 10.6 Å². The molecule has 2 unspecified atom stereocenters. The van der Waals surface area contributed by atoms with Crippen LogP contribution in [0.15, 0.2) is 18.2 Å². The topological polar surface area (TPSA) is 41.1 Å². The molecule has 0 saturated carbocycles. The van der Waals surface area contributed by atoms with Gasteiger partial charge in [0.1, 0.15) is 0 Å². The third kappa shape index (κ3) is 5.87. The van der Waals surface area contributed by atoms with Gasteiger partial charge in [0.25, 0.3) is 0 Å². The Kier molecular flexibility index (Phi) is 8.21. The average Bonchev–Trinajstić information content (AvgIpc) is 2.42. The molecule has 0 bridgehead atoms. The Balaban J connectivity index is 0.00000220. The zero-order valence-corrected chi connectivity index (χ0v) is 14.8. The molecule has 21 heavy (non-hydrogen) atoms. The van der Waals surface area contributed by atoms with E-state index >= 15 is 0 Å². The number of benzene rings is 1. The van der Waals surface area contributed by atoms with Crippen molar-refractivity contribution in [2.24, 2.45) is 0 Å². The van der Waals surface area contributed by atoms with Crippen LogP contribution in [0.25, 0.3) is 0 Å². The molecule has 0 radical (unpaired) electrons. The Morgan fingerprint density at radius 1 is 1.48 bits per heavy atom. The van der Waals surface area contributed by atoms with Gasteiger partial charge >= 0.3 is 0 Å². The number of hydrogen-bond acceptors (Lipinski definition) is 3. The van der Waals surface area contributed by atoms with E-state index in [0.717, 1.165) is 23.6 Å². The van der Waals surface area contributed by atoms with Gasteiger partial charge in [-0.2, -0.15) is 11.8 Å². The lowest BCUT2D eigenvalue weighted by Gasteiger charge is -2.23. The Bertz CT molecular complexity index is 481. The summed E-state index contributed by atoms with van der Waals surface area (Å²) in [5.74, 6) is 2.18. The summed E-state index contributed by atoms with van der Waals surface area (Å²) in [7, 11) is 0. The summed E-state index contributed by atoms with van der Waals surface area (Å²) in [5, 5.41) is 7.39. The van der Waals surface area contributed by atoms with Crippen LogP contribution in [0.2, 0.25) is 10.0 Å². The number of rotatable bonds is 4. The van der Waals surface area contributed by atoms with Crippen LogP contribution in [0.3, 0.4) is 0 Å². The van der Waals surface area contributed by atoms with Gasteiger partial charge in [-0.15, -0.1) is 12.4 Å². The molecule has 1 fully saturated rings. The van der Waals surface area contributed by atoms with E-state index in [1.165, 1.54) is 0 Å². The summed E-state index contributed by atoms with van der Waals surface area (Å²) >= 11 is 13.8. The summed E-state index contributed by atoms with van der Waals surface area (Å²) in [6, 6.07) is 5.63. The van der Waals surface area contributed by atoms with Gasteiger partial charge in [-0.05, 0) is 24.6 Å². The van der Waals surface area contributed by atoms with Gasteiger partial charge in [0.05, 0.1) is 16.1 Å². The van der Waals surface area contributed by atoms with Crippen molar-refractivity contribution in [3.05, 3.63) is 33.8 Å². The largest absolute Gasteiger partial charge is 0.350 e. The molecule has 1 aromatic carbocycles. The molecule has 1 aromatic rings. The highest BCUT2D eigenvalue weighted by Gasteiger charge is 2.18. The fourth-order valence-corrected chi connectivity index (χ4v) is 3.40. The van der Waals surface area contributed by atoms with E-state index in [1.807, 2.05) is 24.8 Å². The van der Waals surface area contributed by atoms with Gasteiger partial charge < -0.3 is 10.6 Å². The van der Waals surface area contributed by atoms with Gasteiger partial charge in [-0.1, -0.05) is 29.3 Å². The number of carbonyl (C=O) groups is 1. The highest BCUT2D eigenvalue weighted by molar-refractivity contribution is 7.99. The number of carbonyl (C=O) groups excluding carboxylic acids is 1. The van der Waals surface area contributed by atoms with Crippen LogP contribution in [0.4, 0.5) is 0 Å². The smallest absolute Gasteiger partial charge is 0.222 e. The molecule has 1 saturated heterocycles. The molecule has 0 aliphatic carbocycles. The minimum Gasteiger partial charge on any atom is -0.350 e. The van der Waals surface area contributed by atoms with Crippen LogP contribution in [-0.4, -0.2) is 30.0 Å². The molecule has 1 aliphatic rings. The standard InChI is InChI=1S/C14H18Cl2N2OS.ClH/c1-9(10-2-3-12(15)13(16)6-10)18-14(19)7-11-8-20-5-4-17-11;/h2-3,6,9,11,17H,4-5,7-8H2,1H3,(H,18,19);1H. The average molecular weight is 370 g/mol. The summed E-state index contributed by atoms with van der Waals surface area (Å²) < 4.78 is 0. The lowest BCUT2D eigenvalue weighted by atomic mass is 10.1. The number of nitrogens with one attached hydrogen (secondary N) is 2. The highest BCUT2D eigenvalue weighted by Crippen LogP contribution is 2.25. The molecule has 0 spiro atoms. The first-order valence-electron chi connectivity index (χ1n) is 6.61. The summed E-state index contributed by atoms with van der Waals surface area (Å²) in [6.07, 6.45) is 0.513. The van der Waals surface area contributed by atoms with Crippen molar-refractivity contribution in [3.63, 3.8) is 0 Å². The fourth-order valence-electron chi connectivity index (χ4n) is 2.14. The zero-order chi connectivity index (χ0) is 14.5. The zero-order valence-electron chi connectivity index (χ0n) is 11.7. The Labute approximate surface area is 145 Å². The lowest BCUT2D eigenvalue weighted by Crippen LogP contribution is -2.41. The SMILES string of the molecule is CC(NC(=O)CC1CSCCN1)c1ccc(Cl)c(Cl)c1.Cl. The van der Waals surface area contributed by atoms with Crippen molar-refractivity contribution in [1.82, 2.24) is 10.6 Å². The van der Waals surface area contributed by atoms with E-state index in [1.54, 1.807) is 12.1 Å². The third-order valence-corrected chi connectivity index (χ3v) is 5.12. The lowest BCUT2D eigenvalue weighted by molar-refractivity contribution is -0.122. The normalized spacial score (nSPS) is 19.5. The number of amides is 1. The van der Waals surface area contributed by atoms with Crippen LogP contribution >= 0.6 is 47.4 Å². The predicted octanol–water partition coefficient (Wildman–Crippen LogP) is 3.69. The van der Waals surface area contributed by atoms with E-state index < -0.39 is 0 Å². The van der Waals surface area contributed by atoms with Crippen molar-refractivity contribution in [2.45, 2.75) is 25.4 Å². The monoisotopic (exact) mass is 368 g/mol. The van der Waals surface area contributed by atoms with Crippen molar-refractivity contribution < 1.29 is 4.79 Å². The molecule has 1 heterocycles. The molecule has 7 heteroatoms. The second-order valence-corrected chi connectivity index (χ2v) is 6.86. The number of halogens is 3. The van der Waals surface area contributed by atoms with Crippen molar-refractivity contribution in [1.29, 1.82) is 0 Å². The van der Waals surface area contributed by atoms with Crippen molar-refractivity contribution in [3.8, 4) is 0 Å². The van der Waals surface area contributed by atoms with Crippen LogP contribution in [-0.2, 0) is 4.79 Å². The van der Waals surface area contributed by atoms with Crippen LogP contribution in [0.1, 0.15) is 24.9 Å². The number of hydrogen-bond donors (Lipinski definition) is 2. The Morgan fingerprint density at radius 3 is 2.86 bits per heavy atom. The molecule has 118 valence electrons. The first kappa shape index (κ1) is 18.9. The first-order valence-corrected chi connectivity index (χ1v) is 8.53. The molecule has 2 rings (SSSR count). The highest BCUT2D eigenvalue weighted by atomic mass is 35.5. The molecule has 3 nitrogen and oxygen atoms in total. The maximum atomic E-state index is 12.0. The molecule has 1 aliphatic heterocycles. The van der Waals surface area contributed by atoms with E-state index in [4.69, 9.17) is 23.2 Å².